The quantitative estimate of drug-likeness (QED) is 0.579. The zero-order chi connectivity index (χ0) is 14.6. The predicted molar refractivity (Wildman–Crippen MR) is 68.4 cm³/mol. The van der Waals surface area contributed by atoms with Crippen molar-refractivity contribution >= 4 is 15.5 Å². The Morgan fingerprint density at radius 3 is 2.53 bits per heavy atom. The molecule has 0 unspecified atom stereocenters. The highest BCUT2D eigenvalue weighted by Crippen LogP contribution is 2.25. The summed E-state index contributed by atoms with van der Waals surface area (Å²) in [6, 6.07) is 5.06. The molecule has 0 saturated heterocycles. The number of non-ortho nitro benzene ring substituents is 1. The number of nitro groups is 1. The van der Waals surface area contributed by atoms with Gasteiger partial charge in [-0.05, 0) is 5.56 Å². The maximum Gasteiger partial charge on any atom is 0.269 e. The van der Waals surface area contributed by atoms with Crippen molar-refractivity contribution in [3.05, 3.63) is 39.9 Å². The van der Waals surface area contributed by atoms with Gasteiger partial charge in [0.15, 0.2) is 9.84 Å². The summed E-state index contributed by atoms with van der Waals surface area (Å²) in [5.41, 5.74) is -0.160. The van der Waals surface area contributed by atoms with Crippen molar-refractivity contribution < 1.29 is 23.6 Å². The predicted octanol–water partition coefficient (Wildman–Crippen LogP) is 0.424. The van der Waals surface area contributed by atoms with Crippen molar-refractivity contribution in [2.24, 2.45) is 0 Å². The first-order valence-electron chi connectivity index (χ1n) is 5.58. The van der Waals surface area contributed by atoms with Gasteiger partial charge in [-0.15, -0.1) is 0 Å². The Balaban J connectivity index is 3.14. The summed E-state index contributed by atoms with van der Waals surface area (Å²) in [5, 5.41) is 28.4. The van der Waals surface area contributed by atoms with Crippen molar-refractivity contribution in [2.45, 2.75) is 18.3 Å². The standard InChI is InChI=1S/C11H15NO6S/c1-2-19(17,18)10(7-13)11(14)8-4-3-5-9(6-8)12(15)16/h3-6,10-11,13-14H,2,7H2,1H3/t10-,11+/m0/s1. The van der Waals surface area contributed by atoms with E-state index in [-0.39, 0.29) is 17.0 Å². The number of hydrogen-bond acceptors (Lipinski definition) is 6. The number of aliphatic hydroxyl groups excluding tert-OH is 2. The number of rotatable bonds is 6. The van der Waals surface area contributed by atoms with Gasteiger partial charge in [0.05, 0.1) is 17.6 Å². The van der Waals surface area contributed by atoms with Gasteiger partial charge in [0.25, 0.3) is 5.69 Å². The van der Waals surface area contributed by atoms with E-state index in [0.29, 0.717) is 0 Å². The average molecular weight is 289 g/mol. The van der Waals surface area contributed by atoms with E-state index < -0.39 is 32.7 Å². The number of nitrogens with zero attached hydrogens (tertiary/aromatic N) is 1. The zero-order valence-electron chi connectivity index (χ0n) is 10.3. The van der Waals surface area contributed by atoms with Crippen LogP contribution in [0.1, 0.15) is 18.6 Å². The minimum absolute atomic E-state index is 0.0882. The fourth-order valence-corrected chi connectivity index (χ4v) is 2.87. The van der Waals surface area contributed by atoms with Gasteiger partial charge in [-0.25, -0.2) is 8.42 Å². The number of benzene rings is 1. The van der Waals surface area contributed by atoms with E-state index in [9.17, 15) is 23.6 Å². The van der Waals surface area contributed by atoms with Gasteiger partial charge in [-0.2, -0.15) is 0 Å². The summed E-state index contributed by atoms with van der Waals surface area (Å²) in [7, 11) is -3.66. The van der Waals surface area contributed by atoms with Crippen LogP contribution in [-0.2, 0) is 9.84 Å². The van der Waals surface area contributed by atoms with Crippen molar-refractivity contribution in [1.29, 1.82) is 0 Å². The molecule has 0 saturated carbocycles. The molecule has 0 bridgehead atoms. The molecule has 1 aromatic carbocycles. The molecule has 0 amide bonds. The van der Waals surface area contributed by atoms with Crippen LogP contribution in [0.15, 0.2) is 24.3 Å². The molecule has 8 heteroatoms. The van der Waals surface area contributed by atoms with Gasteiger partial charge in [-0.1, -0.05) is 19.1 Å². The summed E-state index contributed by atoms with van der Waals surface area (Å²) < 4.78 is 23.4. The van der Waals surface area contributed by atoms with Crippen LogP contribution in [0.2, 0.25) is 0 Å². The lowest BCUT2D eigenvalue weighted by atomic mass is 10.1. The fraction of sp³-hybridized carbons (Fsp3) is 0.455. The first-order valence-corrected chi connectivity index (χ1v) is 7.30. The highest BCUT2D eigenvalue weighted by atomic mass is 32.2. The Morgan fingerprint density at radius 1 is 1.42 bits per heavy atom. The maximum absolute atomic E-state index is 11.7. The van der Waals surface area contributed by atoms with Crippen LogP contribution in [0.3, 0.4) is 0 Å². The molecule has 2 atom stereocenters. The molecule has 1 rings (SSSR count). The van der Waals surface area contributed by atoms with Gasteiger partial charge in [0.2, 0.25) is 0 Å². The molecule has 7 nitrogen and oxygen atoms in total. The van der Waals surface area contributed by atoms with Gasteiger partial charge in [0.1, 0.15) is 5.25 Å². The number of nitro benzene ring substituents is 1. The van der Waals surface area contributed by atoms with Crippen LogP contribution in [0.5, 0.6) is 0 Å². The van der Waals surface area contributed by atoms with E-state index in [1.807, 2.05) is 0 Å². The van der Waals surface area contributed by atoms with Gasteiger partial charge >= 0.3 is 0 Å². The van der Waals surface area contributed by atoms with E-state index in [2.05, 4.69) is 0 Å². The SMILES string of the molecule is CCS(=O)(=O)[C@@H](CO)[C@H](O)c1cccc([N+](=O)[O-])c1. The van der Waals surface area contributed by atoms with E-state index >= 15 is 0 Å². The molecule has 0 aliphatic heterocycles. The second-order valence-electron chi connectivity index (χ2n) is 3.97. The lowest BCUT2D eigenvalue weighted by Crippen LogP contribution is -2.33. The molecular weight excluding hydrogens is 274 g/mol. The second-order valence-corrected chi connectivity index (χ2v) is 6.48. The van der Waals surface area contributed by atoms with E-state index in [0.717, 1.165) is 6.07 Å². The second kappa shape index (κ2) is 6.09. The Hall–Kier alpha value is -1.51. The van der Waals surface area contributed by atoms with Crippen LogP contribution < -0.4 is 0 Å². The Bertz CT molecular complexity index is 556. The van der Waals surface area contributed by atoms with Crippen molar-refractivity contribution in [3.63, 3.8) is 0 Å². The Morgan fingerprint density at radius 2 is 2.05 bits per heavy atom. The third-order valence-corrected chi connectivity index (χ3v) is 4.95. The third kappa shape index (κ3) is 3.49. The van der Waals surface area contributed by atoms with Crippen molar-refractivity contribution in [3.8, 4) is 0 Å². The third-order valence-electron chi connectivity index (χ3n) is 2.82. The van der Waals surface area contributed by atoms with Crippen LogP contribution >= 0.6 is 0 Å². The summed E-state index contributed by atoms with van der Waals surface area (Å²) in [6.45, 7) is 0.651. The molecule has 19 heavy (non-hydrogen) atoms. The normalized spacial score (nSPS) is 14.9. The molecule has 0 spiro atoms. The van der Waals surface area contributed by atoms with E-state index in [1.165, 1.54) is 25.1 Å². The highest BCUT2D eigenvalue weighted by Gasteiger charge is 2.32. The molecule has 0 aliphatic rings. The number of hydrogen-bond donors (Lipinski definition) is 2. The molecule has 2 N–H and O–H groups in total. The molecule has 0 heterocycles. The van der Waals surface area contributed by atoms with Crippen LogP contribution in [0.4, 0.5) is 5.69 Å². The minimum Gasteiger partial charge on any atom is -0.395 e. The lowest BCUT2D eigenvalue weighted by Gasteiger charge is -2.20. The summed E-state index contributed by atoms with van der Waals surface area (Å²) in [6.07, 6.45) is -1.50. The van der Waals surface area contributed by atoms with Gasteiger partial charge in [-0.3, -0.25) is 10.1 Å². The molecule has 0 radical (unpaired) electrons. The number of aliphatic hydroxyl groups is 2. The molecule has 0 aliphatic carbocycles. The van der Waals surface area contributed by atoms with Crippen molar-refractivity contribution in [2.75, 3.05) is 12.4 Å². The summed E-state index contributed by atoms with van der Waals surface area (Å²) in [5.74, 6) is -0.232. The molecule has 1 aromatic rings. The average Bonchev–Trinajstić information content (AvgIpc) is 2.39. The first-order chi connectivity index (χ1) is 8.83. The maximum atomic E-state index is 11.7. The fourth-order valence-electron chi connectivity index (χ4n) is 1.66. The molecule has 0 fully saturated rings. The Labute approximate surface area is 110 Å². The van der Waals surface area contributed by atoms with Gasteiger partial charge < -0.3 is 10.2 Å². The highest BCUT2D eigenvalue weighted by molar-refractivity contribution is 7.92. The van der Waals surface area contributed by atoms with E-state index in [1.54, 1.807) is 0 Å². The van der Waals surface area contributed by atoms with Crippen LogP contribution in [0.25, 0.3) is 0 Å². The summed E-state index contributed by atoms with van der Waals surface area (Å²) in [4.78, 5) is 9.98. The zero-order valence-corrected chi connectivity index (χ0v) is 11.1. The molecule has 0 aromatic heterocycles. The number of sulfone groups is 1. The smallest absolute Gasteiger partial charge is 0.269 e. The topological polar surface area (TPSA) is 118 Å². The van der Waals surface area contributed by atoms with E-state index in [4.69, 9.17) is 5.11 Å². The lowest BCUT2D eigenvalue weighted by molar-refractivity contribution is -0.385. The van der Waals surface area contributed by atoms with Crippen LogP contribution in [0, 0.1) is 10.1 Å². The van der Waals surface area contributed by atoms with Crippen LogP contribution in [-0.4, -0.2) is 41.2 Å². The monoisotopic (exact) mass is 289 g/mol. The molecular formula is C11H15NO6S. The minimum atomic E-state index is -3.66. The van der Waals surface area contributed by atoms with Crippen molar-refractivity contribution in [1.82, 2.24) is 0 Å². The Kier molecular flexibility index (Phi) is 4.98. The summed E-state index contributed by atoms with van der Waals surface area (Å²) >= 11 is 0. The molecule has 106 valence electrons. The first kappa shape index (κ1) is 15.5. The largest absolute Gasteiger partial charge is 0.395 e. The van der Waals surface area contributed by atoms with Gasteiger partial charge in [0, 0.05) is 17.9 Å².